The van der Waals surface area contributed by atoms with Crippen molar-refractivity contribution < 1.29 is 4.84 Å². The molecule has 0 saturated carbocycles. The first kappa shape index (κ1) is 10.4. The molecule has 0 atom stereocenters. The zero-order valence-electron chi connectivity index (χ0n) is 8.93. The number of oxime groups is 1. The summed E-state index contributed by atoms with van der Waals surface area (Å²) in [6, 6.07) is 6.35. The summed E-state index contributed by atoms with van der Waals surface area (Å²) in [6.07, 6.45) is 1.73. The highest BCUT2D eigenvalue weighted by Crippen LogP contribution is 2.34. The van der Waals surface area contributed by atoms with Crippen LogP contribution < -0.4 is 4.90 Å². The van der Waals surface area contributed by atoms with Gasteiger partial charge in [-0.15, -0.1) is 11.8 Å². The lowest BCUT2D eigenvalue weighted by atomic mass is 10.2. The van der Waals surface area contributed by atoms with Gasteiger partial charge < -0.3 is 9.74 Å². The second kappa shape index (κ2) is 4.57. The second-order valence-electron chi connectivity index (χ2n) is 3.41. The first-order valence-electron chi connectivity index (χ1n) is 4.86. The number of hydrogen-bond acceptors (Lipinski definition) is 4. The number of fused-ring (bicyclic) bond motifs is 1. The van der Waals surface area contributed by atoms with Crippen LogP contribution in [0, 0.1) is 0 Å². The summed E-state index contributed by atoms with van der Waals surface area (Å²) in [5.41, 5.74) is 2.39. The van der Waals surface area contributed by atoms with Crippen LogP contribution in [0.25, 0.3) is 0 Å². The maximum absolute atomic E-state index is 4.66. The van der Waals surface area contributed by atoms with Gasteiger partial charge in [0.05, 0.1) is 11.9 Å². The molecular formula is C11H14N2OS. The van der Waals surface area contributed by atoms with Crippen molar-refractivity contribution in [3.05, 3.63) is 23.8 Å². The van der Waals surface area contributed by atoms with Crippen molar-refractivity contribution >= 4 is 23.7 Å². The average Bonchev–Trinajstić information content (AvgIpc) is 2.26. The zero-order valence-corrected chi connectivity index (χ0v) is 9.75. The van der Waals surface area contributed by atoms with E-state index in [1.165, 1.54) is 10.6 Å². The van der Waals surface area contributed by atoms with E-state index in [-0.39, 0.29) is 0 Å². The summed E-state index contributed by atoms with van der Waals surface area (Å²) in [5.74, 6) is 1.15. The number of rotatable bonds is 2. The van der Waals surface area contributed by atoms with Crippen LogP contribution in [0.2, 0.25) is 0 Å². The van der Waals surface area contributed by atoms with Crippen molar-refractivity contribution in [3.63, 3.8) is 0 Å². The first-order valence-corrected chi connectivity index (χ1v) is 5.84. The summed E-state index contributed by atoms with van der Waals surface area (Å²) < 4.78 is 0. The average molecular weight is 222 g/mol. The Labute approximate surface area is 94.1 Å². The Bertz CT molecular complexity index is 379. The summed E-state index contributed by atoms with van der Waals surface area (Å²) >= 11 is 1.90. The molecule has 0 aromatic heterocycles. The fourth-order valence-corrected chi connectivity index (χ4v) is 2.74. The smallest absolute Gasteiger partial charge is 0.106 e. The van der Waals surface area contributed by atoms with E-state index in [0.717, 1.165) is 17.9 Å². The summed E-state index contributed by atoms with van der Waals surface area (Å²) in [6.45, 7) is 1.11. The third-order valence-electron chi connectivity index (χ3n) is 2.39. The third kappa shape index (κ3) is 2.26. The van der Waals surface area contributed by atoms with Crippen molar-refractivity contribution in [2.75, 3.05) is 31.4 Å². The van der Waals surface area contributed by atoms with Crippen LogP contribution in [0.3, 0.4) is 0 Å². The van der Waals surface area contributed by atoms with Gasteiger partial charge in [0.1, 0.15) is 7.11 Å². The molecule has 1 aromatic carbocycles. The lowest BCUT2D eigenvalue weighted by molar-refractivity contribution is 0.215. The molecule has 1 aliphatic rings. The van der Waals surface area contributed by atoms with Gasteiger partial charge in [-0.3, -0.25) is 0 Å². The molecule has 1 heterocycles. The van der Waals surface area contributed by atoms with Crippen LogP contribution in [0.15, 0.2) is 28.3 Å². The van der Waals surface area contributed by atoms with Gasteiger partial charge in [-0.1, -0.05) is 11.2 Å². The van der Waals surface area contributed by atoms with Crippen molar-refractivity contribution in [2.24, 2.45) is 5.16 Å². The van der Waals surface area contributed by atoms with Gasteiger partial charge >= 0.3 is 0 Å². The summed E-state index contributed by atoms with van der Waals surface area (Å²) in [4.78, 5) is 8.27. The normalized spacial score (nSPS) is 15.5. The minimum atomic E-state index is 1.08. The lowest BCUT2D eigenvalue weighted by Gasteiger charge is -2.26. The van der Waals surface area contributed by atoms with Crippen LogP contribution in [-0.4, -0.2) is 32.7 Å². The maximum atomic E-state index is 4.66. The zero-order chi connectivity index (χ0) is 10.7. The highest BCUT2D eigenvalue weighted by atomic mass is 32.2. The molecule has 1 aromatic rings. The first-order chi connectivity index (χ1) is 7.31. The summed E-state index contributed by atoms with van der Waals surface area (Å²) in [7, 11) is 3.68. The van der Waals surface area contributed by atoms with E-state index in [1.807, 2.05) is 11.8 Å². The molecule has 2 rings (SSSR count). The van der Waals surface area contributed by atoms with Gasteiger partial charge in [-0.05, 0) is 17.7 Å². The van der Waals surface area contributed by atoms with Crippen LogP contribution >= 0.6 is 11.8 Å². The van der Waals surface area contributed by atoms with Crippen LogP contribution in [0.5, 0.6) is 0 Å². The molecule has 0 spiro atoms. The van der Waals surface area contributed by atoms with Gasteiger partial charge in [-0.25, -0.2) is 0 Å². The molecule has 0 unspecified atom stereocenters. The minimum absolute atomic E-state index is 1.08. The Morgan fingerprint density at radius 3 is 3.20 bits per heavy atom. The van der Waals surface area contributed by atoms with E-state index in [1.54, 1.807) is 13.3 Å². The Hall–Kier alpha value is -1.16. The predicted molar refractivity (Wildman–Crippen MR) is 65.0 cm³/mol. The topological polar surface area (TPSA) is 24.8 Å². The van der Waals surface area contributed by atoms with E-state index in [4.69, 9.17) is 0 Å². The predicted octanol–water partition coefficient (Wildman–Crippen LogP) is 2.21. The molecule has 15 heavy (non-hydrogen) atoms. The van der Waals surface area contributed by atoms with Gasteiger partial charge in [0.2, 0.25) is 0 Å². The Balaban J connectivity index is 2.29. The molecule has 0 aliphatic carbocycles. The monoisotopic (exact) mass is 222 g/mol. The molecule has 0 radical (unpaired) electrons. The Morgan fingerprint density at radius 2 is 2.40 bits per heavy atom. The molecule has 4 heteroatoms. The van der Waals surface area contributed by atoms with Crippen LogP contribution in [0.4, 0.5) is 5.69 Å². The van der Waals surface area contributed by atoms with E-state index in [0.29, 0.717) is 0 Å². The molecule has 0 bridgehead atoms. The fraction of sp³-hybridized carbons (Fsp3) is 0.364. The van der Waals surface area contributed by atoms with Crippen LogP contribution in [0.1, 0.15) is 5.56 Å². The van der Waals surface area contributed by atoms with Gasteiger partial charge in [0, 0.05) is 24.2 Å². The van der Waals surface area contributed by atoms with Crippen molar-refractivity contribution in [2.45, 2.75) is 4.90 Å². The largest absolute Gasteiger partial charge is 0.399 e. The third-order valence-corrected chi connectivity index (χ3v) is 3.41. The molecular weight excluding hydrogens is 208 g/mol. The Kier molecular flexibility index (Phi) is 3.16. The van der Waals surface area contributed by atoms with E-state index >= 15 is 0 Å². The quantitative estimate of drug-likeness (QED) is 0.566. The van der Waals surface area contributed by atoms with Gasteiger partial charge in [-0.2, -0.15) is 0 Å². The molecule has 0 N–H and O–H groups in total. The SMILES string of the molecule is CON=Cc1ccc2c(c1)SCCN2C. The standard InChI is InChI=1S/C11H14N2OS/c1-13-5-6-15-11-7-9(8-12-14-2)3-4-10(11)13/h3-4,7-8H,5-6H2,1-2H3. The van der Waals surface area contributed by atoms with E-state index in [9.17, 15) is 0 Å². The van der Waals surface area contributed by atoms with E-state index in [2.05, 4.69) is 40.1 Å². The van der Waals surface area contributed by atoms with Crippen molar-refractivity contribution in [1.29, 1.82) is 0 Å². The lowest BCUT2D eigenvalue weighted by Crippen LogP contribution is -2.24. The number of anilines is 1. The van der Waals surface area contributed by atoms with Gasteiger partial charge in [0.25, 0.3) is 0 Å². The maximum Gasteiger partial charge on any atom is 0.106 e. The number of hydrogen-bond donors (Lipinski definition) is 0. The Morgan fingerprint density at radius 1 is 1.53 bits per heavy atom. The molecule has 1 aliphatic heterocycles. The van der Waals surface area contributed by atoms with Crippen molar-refractivity contribution in [1.82, 2.24) is 0 Å². The molecule has 80 valence electrons. The molecule has 0 fully saturated rings. The number of benzene rings is 1. The highest BCUT2D eigenvalue weighted by molar-refractivity contribution is 7.99. The minimum Gasteiger partial charge on any atom is -0.399 e. The molecule has 0 amide bonds. The fourth-order valence-electron chi connectivity index (χ4n) is 1.57. The van der Waals surface area contributed by atoms with Gasteiger partial charge in [0.15, 0.2) is 0 Å². The van der Waals surface area contributed by atoms with Crippen molar-refractivity contribution in [3.8, 4) is 0 Å². The molecule has 3 nitrogen and oxygen atoms in total. The molecule has 0 saturated heterocycles. The number of thioether (sulfide) groups is 1. The number of nitrogens with zero attached hydrogens (tertiary/aromatic N) is 2. The second-order valence-corrected chi connectivity index (χ2v) is 4.55. The highest BCUT2D eigenvalue weighted by Gasteiger charge is 2.13. The van der Waals surface area contributed by atoms with Crippen LogP contribution in [-0.2, 0) is 4.84 Å². The van der Waals surface area contributed by atoms with E-state index < -0.39 is 0 Å². The summed E-state index contributed by atoms with van der Waals surface area (Å²) in [5, 5.41) is 3.76.